The standard InChI is InChI=1S/C17H24N4/c1-3-10-21-16(18)15(14-9-8-12(2)19-11-14)20-17(21)13-6-4-5-7-13/h8-9,11,13H,3-7,10,18H2,1-2H3. The molecule has 1 aliphatic rings. The lowest BCUT2D eigenvalue weighted by Gasteiger charge is -2.12. The van der Waals surface area contributed by atoms with E-state index in [9.17, 15) is 0 Å². The molecule has 0 unspecified atom stereocenters. The summed E-state index contributed by atoms with van der Waals surface area (Å²) in [7, 11) is 0. The molecule has 0 amide bonds. The number of nitrogen functional groups attached to an aromatic ring is 1. The highest BCUT2D eigenvalue weighted by Gasteiger charge is 2.25. The molecular formula is C17H24N4. The highest BCUT2D eigenvalue weighted by molar-refractivity contribution is 5.70. The van der Waals surface area contributed by atoms with Crippen LogP contribution in [0.3, 0.4) is 0 Å². The van der Waals surface area contributed by atoms with Crippen LogP contribution in [0.25, 0.3) is 11.3 Å². The molecule has 0 aromatic carbocycles. The molecule has 2 N–H and O–H groups in total. The highest BCUT2D eigenvalue weighted by Crippen LogP contribution is 2.37. The van der Waals surface area contributed by atoms with Crippen molar-refractivity contribution in [3.05, 3.63) is 29.8 Å². The predicted octanol–water partition coefficient (Wildman–Crippen LogP) is 3.90. The van der Waals surface area contributed by atoms with Crippen LogP contribution < -0.4 is 5.73 Å². The fourth-order valence-corrected chi connectivity index (χ4v) is 3.26. The lowest BCUT2D eigenvalue weighted by atomic mass is 10.1. The van der Waals surface area contributed by atoms with E-state index in [2.05, 4.69) is 22.5 Å². The Morgan fingerprint density at radius 2 is 2.05 bits per heavy atom. The quantitative estimate of drug-likeness (QED) is 0.926. The van der Waals surface area contributed by atoms with E-state index < -0.39 is 0 Å². The number of nitrogens with zero attached hydrogens (tertiary/aromatic N) is 3. The number of aromatic nitrogens is 3. The normalized spacial score (nSPS) is 15.7. The average Bonchev–Trinajstić information content (AvgIpc) is 3.10. The van der Waals surface area contributed by atoms with Gasteiger partial charge in [0.05, 0.1) is 0 Å². The zero-order valence-corrected chi connectivity index (χ0v) is 13.0. The van der Waals surface area contributed by atoms with Gasteiger partial charge in [-0.05, 0) is 38.3 Å². The van der Waals surface area contributed by atoms with E-state index in [1.807, 2.05) is 19.2 Å². The van der Waals surface area contributed by atoms with E-state index in [4.69, 9.17) is 10.7 Å². The Balaban J connectivity index is 2.04. The third kappa shape index (κ3) is 2.67. The number of imidazole rings is 1. The van der Waals surface area contributed by atoms with Crippen molar-refractivity contribution in [1.82, 2.24) is 14.5 Å². The highest BCUT2D eigenvalue weighted by atomic mass is 15.1. The van der Waals surface area contributed by atoms with Gasteiger partial charge in [-0.1, -0.05) is 19.8 Å². The lowest BCUT2D eigenvalue weighted by molar-refractivity contribution is 0.579. The molecule has 1 saturated carbocycles. The summed E-state index contributed by atoms with van der Waals surface area (Å²) in [6.07, 6.45) is 8.06. The molecule has 21 heavy (non-hydrogen) atoms. The first-order valence-corrected chi connectivity index (χ1v) is 7.99. The molecule has 2 aromatic heterocycles. The minimum Gasteiger partial charge on any atom is -0.383 e. The number of nitrogens with two attached hydrogens (primary N) is 1. The molecule has 4 heteroatoms. The van der Waals surface area contributed by atoms with Gasteiger partial charge in [0.2, 0.25) is 0 Å². The maximum absolute atomic E-state index is 6.40. The van der Waals surface area contributed by atoms with Crippen LogP contribution >= 0.6 is 0 Å². The summed E-state index contributed by atoms with van der Waals surface area (Å²) in [5, 5.41) is 0. The van der Waals surface area contributed by atoms with E-state index in [1.54, 1.807) is 0 Å². The van der Waals surface area contributed by atoms with Crippen LogP contribution in [0.4, 0.5) is 5.82 Å². The Labute approximate surface area is 126 Å². The van der Waals surface area contributed by atoms with Crippen LogP contribution in [-0.4, -0.2) is 14.5 Å². The van der Waals surface area contributed by atoms with Gasteiger partial charge < -0.3 is 10.3 Å². The van der Waals surface area contributed by atoms with Gasteiger partial charge in [-0.2, -0.15) is 0 Å². The van der Waals surface area contributed by atoms with Crippen LogP contribution in [0.2, 0.25) is 0 Å². The topological polar surface area (TPSA) is 56.7 Å². The smallest absolute Gasteiger partial charge is 0.131 e. The van der Waals surface area contributed by atoms with Crippen LogP contribution in [0.1, 0.15) is 56.5 Å². The first kappa shape index (κ1) is 14.1. The van der Waals surface area contributed by atoms with E-state index >= 15 is 0 Å². The Hall–Kier alpha value is -1.84. The van der Waals surface area contributed by atoms with Gasteiger partial charge in [0, 0.05) is 29.9 Å². The molecule has 3 rings (SSSR count). The number of pyridine rings is 1. The lowest BCUT2D eigenvalue weighted by Crippen LogP contribution is -2.09. The fraction of sp³-hybridized carbons (Fsp3) is 0.529. The number of aryl methyl sites for hydroxylation is 1. The molecular weight excluding hydrogens is 260 g/mol. The van der Waals surface area contributed by atoms with Crippen molar-refractivity contribution in [2.75, 3.05) is 5.73 Å². The molecule has 4 nitrogen and oxygen atoms in total. The summed E-state index contributed by atoms with van der Waals surface area (Å²) < 4.78 is 2.23. The minimum atomic E-state index is 0.575. The average molecular weight is 284 g/mol. The van der Waals surface area contributed by atoms with Crippen molar-refractivity contribution in [1.29, 1.82) is 0 Å². The summed E-state index contributed by atoms with van der Waals surface area (Å²) in [6, 6.07) is 4.08. The molecule has 1 fully saturated rings. The molecule has 0 saturated heterocycles. The van der Waals surface area contributed by atoms with Crippen molar-refractivity contribution in [2.45, 2.75) is 58.4 Å². The van der Waals surface area contributed by atoms with Gasteiger partial charge in [-0.25, -0.2) is 4.98 Å². The van der Waals surface area contributed by atoms with Crippen LogP contribution in [0.15, 0.2) is 18.3 Å². The number of hydrogen-bond donors (Lipinski definition) is 1. The molecule has 0 aliphatic heterocycles. The van der Waals surface area contributed by atoms with E-state index in [0.717, 1.165) is 35.7 Å². The van der Waals surface area contributed by atoms with Gasteiger partial charge in [0.1, 0.15) is 17.3 Å². The second-order valence-corrected chi connectivity index (χ2v) is 6.03. The fourth-order valence-electron chi connectivity index (χ4n) is 3.26. The summed E-state index contributed by atoms with van der Waals surface area (Å²) in [6.45, 7) is 5.13. The van der Waals surface area contributed by atoms with E-state index in [0.29, 0.717) is 5.92 Å². The maximum Gasteiger partial charge on any atom is 0.131 e. The Morgan fingerprint density at radius 3 is 2.67 bits per heavy atom. The van der Waals surface area contributed by atoms with Crippen molar-refractivity contribution in [3.63, 3.8) is 0 Å². The van der Waals surface area contributed by atoms with Crippen molar-refractivity contribution in [3.8, 4) is 11.3 Å². The van der Waals surface area contributed by atoms with Gasteiger partial charge in [-0.3, -0.25) is 4.98 Å². The largest absolute Gasteiger partial charge is 0.383 e. The Bertz CT molecular complexity index is 606. The second kappa shape index (κ2) is 5.88. The van der Waals surface area contributed by atoms with Gasteiger partial charge in [0.15, 0.2) is 0 Å². The first-order chi connectivity index (χ1) is 10.2. The van der Waals surface area contributed by atoms with Crippen molar-refractivity contribution in [2.24, 2.45) is 0 Å². The van der Waals surface area contributed by atoms with Crippen LogP contribution in [0.5, 0.6) is 0 Å². The van der Waals surface area contributed by atoms with Gasteiger partial charge in [0.25, 0.3) is 0 Å². The van der Waals surface area contributed by atoms with Crippen molar-refractivity contribution < 1.29 is 0 Å². The van der Waals surface area contributed by atoms with Gasteiger partial charge in [-0.15, -0.1) is 0 Å². The summed E-state index contributed by atoms with van der Waals surface area (Å²) in [5.74, 6) is 2.55. The molecule has 0 bridgehead atoms. The summed E-state index contributed by atoms with van der Waals surface area (Å²) >= 11 is 0. The van der Waals surface area contributed by atoms with E-state index in [-0.39, 0.29) is 0 Å². The van der Waals surface area contributed by atoms with Crippen LogP contribution in [-0.2, 0) is 6.54 Å². The van der Waals surface area contributed by atoms with Crippen LogP contribution in [0, 0.1) is 6.92 Å². The molecule has 1 aliphatic carbocycles. The summed E-state index contributed by atoms with van der Waals surface area (Å²) in [4.78, 5) is 9.28. The minimum absolute atomic E-state index is 0.575. The molecule has 0 atom stereocenters. The zero-order chi connectivity index (χ0) is 14.8. The number of rotatable bonds is 4. The summed E-state index contributed by atoms with van der Waals surface area (Å²) in [5.41, 5.74) is 9.34. The SMILES string of the molecule is CCCn1c(C2CCCC2)nc(-c2ccc(C)nc2)c1N. The number of anilines is 1. The Kier molecular flexibility index (Phi) is 3.95. The first-order valence-electron chi connectivity index (χ1n) is 7.99. The molecule has 0 radical (unpaired) electrons. The second-order valence-electron chi connectivity index (χ2n) is 6.03. The monoisotopic (exact) mass is 284 g/mol. The third-order valence-corrected chi connectivity index (χ3v) is 4.39. The molecule has 2 heterocycles. The van der Waals surface area contributed by atoms with Crippen molar-refractivity contribution >= 4 is 5.82 Å². The number of hydrogen-bond acceptors (Lipinski definition) is 3. The third-order valence-electron chi connectivity index (χ3n) is 4.39. The molecule has 0 spiro atoms. The zero-order valence-electron chi connectivity index (χ0n) is 13.0. The van der Waals surface area contributed by atoms with E-state index in [1.165, 1.54) is 31.5 Å². The maximum atomic E-state index is 6.40. The predicted molar refractivity (Wildman–Crippen MR) is 86.1 cm³/mol. The molecule has 112 valence electrons. The Morgan fingerprint density at radius 1 is 1.29 bits per heavy atom. The molecule has 2 aromatic rings. The van der Waals surface area contributed by atoms with Gasteiger partial charge >= 0.3 is 0 Å².